The van der Waals surface area contributed by atoms with E-state index in [0.717, 1.165) is 0 Å². The van der Waals surface area contributed by atoms with E-state index in [1.54, 1.807) is 9.96 Å². The number of aryl methyl sites for hydroxylation is 3. The van der Waals surface area contributed by atoms with E-state index in [9.17, 15) is 0 Å². The molecule has 0 nitrogen and oxygen atoms in total. The first kappa shape index (κ1) is 49.8. The van der Waals surface area contributed by atoms with Crippen molar-refractivity contribution in [3.63, 3.8) is 0 Å². The summed E-state index contributed by atoms with van der Waals surface area (Å²) in [5.74, 6) is 0. The molecule has 1 atom stereocenters. The van der Waals surface area contributed by atoms with Crippen molar-refractivity contribution >= 4 is 98.2 Å². The van der Waals surface area contributed by atoms with Gasteiger partial charge in [0.05, 0.1) is 0 Å². The molecule has 0 amide bonds. The van der Waals surface area contributed by atoms with Crippen LogP contribution in [-0.4, -0.2) is 59.4 Å². The van der Waals surface area contributed by atoms with E-state index < -0.39 is 59.4 Å². The summed E-state index contributed by atoms with van der Waals surface area (Å²) in [5, 5.41) is 2.01. The van der Waals surface area contributed by atoms with Crippen LogP contribution in [0, 0.1) is 20.8 Å². The Labute approximate surface area is 382 Å². The van der Waals surface area contributed by atoms with Gasteiger partial charge in [-0.05, 0) is 0 Å². The molecular formula is C49H80GeS3Si6. The Morgan fingerprint density at radius 2 is 0.780 bits per heavy atom. The van der Waals surface area contributed by atoms with Crippen LogP contribution in [0.2, 0.25) is 118 Å². The predicted octanol–water partition coefficient (Wildman–Crippen LogP) is 15.7. The molecule has 1 aliphatic heterocycles. The third-order valence-electron chi connectivity index (χ3n) is 12.6. The topological polar surface area (TPSA) is 0 Å². The molecule has 1 fully saturated rings. The predicted molar refractivity (Wildman–Crippen MR) is 297 cm³/mol. The fourth-order valence-electron chi connectivity index (χ4n) is 12.5. The van der Waals surface area contributed by atoms with Gasteiger partial charge in [-0.1, -0.05) is 0 Å². The number of hydrogen-bond donors (Lipinski definition) is 0. The number of benzene rings is 4. The van der Waals surface area contributed by atoms with Gasteiger partial charge < -0.3 is 0 Å². The Hall–Kier alpha value is -0.226. The van der Waals surface area contributed by atoms with Crippen molar-refractivity contribution < 1.29 is 0 Å². The van der Waals surface area contributed by atoms with Gasteiger partial charge in [-0.3, -0.25) is 0 Å². The molecule has 0 N–H and O–H groups in total. The number of rotatable bonds is 13. The van der Waals surface area contributed by atoms with E-state index in [1.807, 2.05) is 15.5 Å². The third kappa shape index (κ3) is 10.2. The molecule has 5 rings (SSSR count). The van der Waals surface area contributed by atoms with Crippen LogP contribution in [0.25, 0.3) is 0 Å². The summed E-state index contributed by atoms with van der Waals surface area (Å²) in [6, 6.07) is 34.4. The van der Waals surface area contributed by atoms with Crippen LogP contribution in [0.3, 0.4) is 0 Å². The van der Waals surface area contributed by atoms with Crippen molar-refractivity contribution in [2.75, 3.05) is 0 Å². The number of hydrogen-bond acceptors (Lipinski definition) is 3. The van der Waals surface area contributed by atoms with E-state index in [0.29, 0.717) is 15.5 Å². The monoisotopic (exact) mass is 1010 g/mol. The molecule has 59 heavy (non-hydrogen) atoms. The Kier molecular flexibility index (Phi) is 14.6. The first-order valence-electron chi connectivity index (χ1n) is 22.2. The Bertz CT molecular complexity index is 1960. The van der Waals surface area contributed by atoms with E-state index in [4.69, 9.17) is 0 Å². The molecule has 1 heterocycles. The second kappa shape index (κ2) is 17.3. The Morgan fingerprint density at radius 1 is 0.441 bits per heavy atom. The Morgan fingerprint density at radius 3 is 1.10 bits per heavy atom. The second-order valence-electron chi connectivity index (χ2n) is 24.6. The zero-order valence-electron chi connectivity index (χ0n) is 41.0. The fourth-order valence-corrected chi connectivity index (χ4v) is 92.5. The SMILES string of the molecule is Cc1cc(C)[c]([Ge]2([c]3c(C([Si](C)(C)C)[Si](C)(C)C)cc(C([Si](C)(C)C)[Si](C)(C)C)cc3C([Si](C)(C)C)[Si](C)(C)C)[S]SC(c3ccccc3)(c3ccccc3)[S]2)c(C)c1. The summed E-state index contributed by atoms with van der Waals surface area (Å²) in [6.07, 6.45) is 0. The maximum absolute atomic E-state index is 3.62. The van der Waals surface area contributed by atoms with Gasteiger partial charge in [0.25, 0.3) is 0 Å². The van der Waals surface area contributed by atoms with Crippen molar-refractivity contribution in [3.05, 3.63) is 129 Å². The summed E-state index contributed by atoms with van der Waals surface area (Å²) in [7, 11) is -6.82. The van der Waals surface area contributed by atoms with Gasteiger partial charge in [0.2, 0.25) is 0 Å². The normalized spacial score (nSPS) is 18.4. The summed E-state index contributed by atoms with van der Waals surface area (Å²) < 4.78 is 3.43. The average Bonchev–Trinajstić information content (AvgIpc) is 3.43. The summed E-state index contributed by atoms with van der Waals surface area (Å²) >= 11 is 0. The van der Waals surface area contributed by atoms with Crippen LogP contribution in [0.15, 0.2) is 84.9 Å². The van der Waals surface area contributed by atoms with Gasteiger partial charge >= 0.3 is 386 Å². The molecule has 1 unspecified atom stereocenters. The van der Waals surface area contributed by atoms with Crippen LogP contribution in [0.4, 0.5) is 0 Å². The third-order valence-corrected chi connectivity index (χ3v) is 70.1. The zero-order valence-corrected chi connectivity index (χ0v) is 51.6. The molecule has 0 radical (unpaired) electrons. The average molecular weight is 1010 g/mol. The minimum atomic E-state index is -3.62. The quantitative estimate of drug-likeness (QED) is 0.0968. The standard InChI is InChI=1S/C49H80GeS3Si6/c1-36-32-37(2)44(38(3)33-36)50(51-49(52-53-50,40-28-24-22-25-29-40)41-30-26-23-27-31-41)45-42(47(56(10,11)12)57(13,14)15)34-39(46(54(4,5)6)55(7,8)9)35-43(45)48(58(16,17)18)59(19,20)21/h22-35,46-48H,1-21H3. The maximum atomic E-state index is 2.98. The van der Waals surface area contributed by atoms with Crippen molar-refractivity contribution in [1.82, 2.24) is 0 Å². The van der Waals surface area contributed by atoms with E-state index >= 15 is 0 Å². The van der Waals surface area contributed by atoms with Crippen molar-refractivity contribution in [2.45, 2.75) is 158 Å². The zero-order chi connectivity index (χ0) is 44.5. The van der Waals surface area contributed by atoms with E-state index in [1.165, 1.54) is 27.8 Å². The summed E-state index contributed by atoms with van der Waals surface area (Å²) in [4.78, 5) is 0. The van der Waals surface area contributed by atoms with Crippen molar-refractivity contribution in [2.24, 2.45) is 0 Å². The molecular weight excluding hydrogens is 926 g/mol. The fraction of sp³-hybridized carbons (Fsp3) is 0.510. The van der Waals surface area contributed by atoms with Gasteiger partial charge in [-0.15, -0.1) is 0 Å². The van der Waals surface area contributed by atoms with Gasteiger partial charge in [-0.2, -0.15) is 0 Å². The van der Waals surface area contributed by atoms with E-state index in [-0.39, 0.29) is 4.08 Å². The molecule has 1 saturated heterocycles. The van der Waals surface area contributed by atoms with Crippen molar-refractivity contribution in [3.8, 4) is 0 Å². The van der Waals surface area contributed by atoms with Gasteiger partial charge in [0.15, 0.2) is 0 Å². The molecule has 0 saturated carbocycles. The molecule has 0 spiro atoms. The molecule has 0 bridgehead atoms. The molecule has 0 aliphatic carbocycles. The van der Waals surface area contributed by atoms with Crippen molar-refractivity contribution in [1.29, 1.82) is 0 Å². The van der Waals surface area contributed by atoms with Crippen LogP contribution in [0.1, 0.15) is 60.0 Å². The van der Waals surface area contributed by atoms with Crippen LogP contribution in [-0.2, 0) is 4.08 Å². The minimum absolute atomic E-state index is 0.217. The molecule has 10 heteroatoms. The molecule has 4 aromatic carbocycles. The molecule has 322 valence electrons. The van der Waals surface area contributed by atoms with E-state index in [2.05, 4.69) is 254 Å². The molecule has 1 aliphatic rings. The summed E-state index contributed by atoms with van der Waals surface area (Å²) in [6.45, 7) is 56.3. The van der Waals surface area contributed by atoms with Gasteiger partial charge in [-0.25, -0.2) is 0 Å². The first-order valence-corrected chi connectivity index (χ1v) is 53.9. The van der Waals surface area contributed by atoms with Crippen LogP contribution >= 0.6 is 30.0 Å². The van der Waals surface area contributed by atoms with Gasteiger partial charge in [0.1, 0.15) is 0 Å². The van der Waals surface area contributed by atoms with Crippen LogP contribution in [0.5, 0.6) is 0 Å². The first-order chi connectivity index (χ1) is 26.8. The Balaban J connectivity index is 2.18. The molecule has 4 aromatic rings. The van der Waals surface area contributed by atoms with Gasteiger partial charge in [0, 0.05) is 0 Å². The second-order valence-corrected chi connectivity index (χ2v) is 78.0. The van der Waals surface area contributed by atoms with Crippen LogP contribution < -0.4 is 8.79 Å². The summed E-state index contributed by atoms with van der Waals surface area (Å²) in [5.41, 5.74) is 12.8. The molecule has 0 aromatic heterocycles.